The van der Waals surface area contributed by atoms with Gasteiger partial charge < -0.3 is 4.90 Å². The molecule has 0 aliphatic rings. The maximum Gasteiger partial charge on any atom is 0.233 e. The van der Waals surface area contributed by atoms with E-state index in [0.29, 0.717) is 13.0 Å². The van der Waals surface area contributed by atoms with Crippen molar-refractivity contribution in [2.24, 2.45) is 0 Å². The molecule has 1 heterocycles. The van der Waals surface area contributed by atoms with Gasteiger partial charge in [-0.3, -0.25) is 9.69 Å². The summed E-state index contributed by atoms with van der Waals surface area (Å²) < 4.78 is 1.15. The van der Waals surface area contributed by atoms with E-state index < -0.39 is 0 Å². The number of anilines is 1. The predicted octanol–water partition coefficient (Wildman–Crippen LogP) is 5.39. The highest BCUT2D eigenvalue weighted by atomic mass is 32.1. The van der Waals surface area contributed by atoms with Gasteiger partial charge in [-0.1, -0.05) is 62.4 Å². The highest BCUT2D eigenvalue weighted by molar-refractivity contribution is 7.22. The Morgan fingerprint density at radius 3 is 2.43 bits per heavy atom. The number of nitrogens with zero attached hydrogens (tertiary/aromatic N) is 3. The molecule has 0 aliphatic carbocycles. The lowest BCUT2D eigenvalue weighted by Gasteiger charge is -2.25. The predicted molar refractivity (Wildman–Crippen MR) is 129 cm³/mol. The maximum atomic E-state index is 13.4. The minimum Gasteiger partial charge on any atom is -0.302 e. The summed E-state index contributed by atoms with van der Waals surface area (Å²) in [5, 5.41) is 0.812. The first kappa shape index (κ1) is 22.4. The first-order valence-electron chi connectivity index (χ1n) is 10.9. The van der Waals surface area contributed by atoms with Gasteiger partial charge in [-0.2, -0.15) is 0 Å². The lowest BCUT2D eigenvalue weighted by Crippen LogP contribution is -2.39. The van der Waals surface area contributed by atoms with E-state index in [9.17, 15) is 4.79 Å². The molecule has 0 unspecified atom stereocenters. The second-order valence-corrected chi connectivity index (χ2v) is 8.79. The van der Waals surface area contributed by atoms with Crippen molar-refractivity contribution < 1.29 is 4.79 Å². The third-order valence-electron chi connectivity index (χ3n) is 5.87. The smallest absolute Gasteiger partial charge is 0.233 e. The Morgan fingerprint density at radius 2 is 1.77 bits per heavy atom. The number of fused-ring (bicyclic) bond motifs is 1. The molecular weight excluding hydrogens is 390 g/mol. The van der Waals surface area contributed by atoms with Crippen LogP contribution >= 0.6 is 11.3 Å². The van der Waals surface area contributed by atoms with Gasteiger partial charge in [-0.25, -0.2) is 4.98 Å². The largest absolute Gasteiger partial charge is 0.302 e. The zero-order valence-electron chi connectivity index (χ0n) is 18.9. The van der Waals surface area contributed by atoms with E-state index in [1.807, 2.05) is 4.90 Å². The van der Waals surface area contributed by atoms with Crippen LogP contribution in [0.1, 0.15) is 43.0 Å². The third-order valence-corrected chi connectivity index (χ3v) is 6.91. The van der Waals surface area contributed by atoms with E-state index in [2.05, 4.69) is 75.9 Å². The Kier molecular flexibility index (Phi) is 7.62. The molecule has 3 rings (SSSR count). The van der Waals surface area contributed by atoms with Crippen LogP contribution in [0, 0.1) is 13.8 Å². The second kappa shape index (κ2) is 10.2. The molecule has 0 atom stereocenters. The van der Waals surface area contributed by atoms with Crippen molar-refractivity contribution in [1.29, 1.82) is 0 Å². The molecule has 0 aliphatic heterocycles. The van der Waals surface area contributed by atoms with Crippen LogP contribution in [-0.2, 0) is 17.6 Å². The molecule has 0 saturated heterocycles. The van der Waals surface area contributed by atoms with Crippen LogP contribution in [0.4, 0.5) is 5.13 Å². The zero-order chi connectivity index (χ0) is 21.7. The highest BCUT2D eigenvalue weighted by Crippen LogP contribution is 2.31. The van der Waals surface area contributed by atoms with Crippen molar-refractivity contribution in [3.8, 4) is 0 Å². The van der Waals surface area contributed by atoms with Gasteiger partial charge in [0.25, 0.3) is 0 Å². The van der Waals surface area contributed by atoms with Gasteiger partial charge in [-0.15, -0.1) is 0 Å². The minimum absolute atomic E-state index is 0.113. The molecule has 4 nitrogen and oxygen atoms in total. The fourth-order valence-corrected chi connectivity index (χ4v) is 4.74. The molecule has 30 heavy (non-hydrogen) atoms. The number of amides is 1. The van der Waals surface area contributed by atoms with Gasteiger partial charge in [0.15, 0.2) is 5.13 Å². The minimum atomic E-state index is 0.113. The average Bonchev–Trinajstić information content (AvgIpc) is 3.17. The van der Waals surface area contributed by atoms with Gasteiger partial charge in [0, 0.05) is 13.1 Å². The van der Waals surface area contributed by atoms with Crippen LogP contribution in [0.25, 0.3) is 10.2 Å². The zero-order valence-corrected chi connectivity index (χ0v) is 19.7. The van der Waals surface area contributed by atoms with Crippen LogP contribution in [0.5, 0.6) is 0 Å². The fourth-order valence-electron chi connectivity index (χ4n) is 3.69. The Labute approximate surface area is 184 Å². The van der Waals surface area contributed by atoms with E-state index in [1.54, 1.807) is 11.3 Å². The summed E-state index contributed by atoms with van der Waals surface area (Å²) in [6.07, 6.45) is 1.34. The van der Waals surface area contributed by atoms with Crippen molar-refractivity contribution >= 4 is 32.6 Å². The number of hydrogen-bond donors (Lipinski definition) is 0. The first-order chi connectivity index (χ1) is 14.5. The number of rotatable bonds is 9. The van der Waals surface area contributed by atoms with E-state index in [1.165, 1.54) is 16.7 Å². The van der Waals surface area contributed by atoms with E-state index in [-0.39, 0.29) is 5.91 Å². The van der Waals surface area contributed by atoms with Gasteiger partial charge in [0.2, 0.25) is 5.91 Å². The summed E-state index contributed by atoms with van der Waals surface area (Å²) in [6, 6.07) is 12.6. The summed E-state index contributed by atoms with van der Waals surface area (Å²) in [6.45, 7) is 14.1. The lowest BCUT2D eigenvalue weighted by molar-refractivity contribution is -0.118. The normalized spacial score (nSPS) is 11.4. The number of benzene rings is 2. The molecule has 0 fully saturated rings. The molecule has 160 valence electrons. The van der Waals surface area contributed by atoms with Crippen molar-refractivity contribution in [1.82, 2.24) is 9.88 Å². The topological polar surface area (TPSA) is 36.4 Å². The van der Waals surface area contributed by atoms with Gasteiger partial charge in [-0.05, 0) is 61.7 Å². The van der Waals surface area contributed by atoms with Gasteiger partial charge in [0.1, 0.15) is 0 Å². The van der Waals surface area contributed by atoms with E-state index >= 15 is 0 Å². The Bertz CT molecular complexity index is 1010. The van der Waals surface area contributed by atoms with Crippen LogP contribution in [-0.4, -0.2) is 42.0 Å². The number of likely N-dealkylation sites (N-methyl/N-ethyl adjacent to an activating group) is 1. The summed E-state index contributed by atoms with van der Waals surface area (Å²) in [5.74, 6) is 0.113. The van der Waals surface area contributed by atoms with Crippen LogP contribution < -0.4 is 4.90 Å². The third kappa shape index (κ3) is 5.08. The summed E-state index contributed by atoms with van der Waals surface area (Å²) >= 11 is 1.62. The molecular formula is C25H33N3OS. The number of carbonyl (C=O) groups is 1. The Hall–Kier alpha value is -2.24. The fraction of sp³-hybridized carbons (Fsp3) is 0.440. The number of carbonyl (C=O) groups excluding carboxylic acids is 1. The number of hydrogen-bond acceptors (Lipinski definition) is 4. The molecule has 0 radical (unpaired) electrons. The monoisotopic (exact) mass is 423 g/mol. The van der Waals surface area contributed by atoms with Crippen molar-refractivity contribution in [3.05, 3.63) is 58.7 Å². The van der Waals surface area contributed by atoms with Crippen molar-refractivity contribution in [2.75, 3.05) is 31.1 Å². The first-order valence-corrected chi connectivity index (χ1v) is 11.8. The molecule has 3 aromatic rings. The maximum absolute atomic E-state index is 13.4. The lowest BCUT2D eigenvalue weighted by atomic mass is 10.0. The molecule has 5 heteroatoms. The van der Waals surface area contributed by atoms with E-state index in [0.717, 1.165) is 47.0 Å². The second-order valence-electron chi connectivity index (χ2n) is 7.78. The molecule has 0 spiro atoms. The van der Waals surface area contributed by atoms with Crippen molar-refractivity contribution in [3.63, 3.8) is 0 Å². The summed E-state index contributed by atoms with van der Waals surface area (Å²) in [5.41, 5.74) is 5.81. The highest BCUT2D eigenvalue weighted by Gasteiger charge is 2.21. The molecule has 1 aromatic heterocycles. The van der Waals surface area contributed by atoms with E-state index in [4.69, 9.17) is 4.98 Å². The number of aryl methyl sites for hydroxylation is 3. The Balaban J connectivity index is 1.91. The standard InChI is InChI=1S/C25H33N3OS/c1-6-21-10-9-11-22-24(21)26-25(30-22)28(15-14-27(7-2)8-3)23(29)17-20-13-12-18(4)19(5)16-20/h9-13,16H,6-8,14-15,17H2,1-5H3. The van der Waals surface area contributed by atoms with Crippen LogP contribution in [0.3, 0.4) is 0 Å². The Morgan fingerprint density at radius 1 is 1.00 bits per heavy atom. The van der Waals surface area contributed by atoms with Crippen LogP contribution in [0.15, 0.2) is 36.4 Å². The van der Waals surface area contributed by atoms with Crippen LogP contribution in [0.2, 0.25) is 0 Å². The number of para-hydroxylation sites is 1. The van der Waals surface area contributed by atoms with Gasteiger partial charge in [0.05, 0.1) is 16.6 Å². The average molecular weight is 424 g/mol. The quantitative estimate of drug-likeness (QED) is 0.463. The molecule has 1 amide bonds. The summed E-state index contributed by atoms with van der Waals surface area (Å²) in [4.78, 5) is 22.6. The molecule has 0 bridgehead atoms. The molecule has 2 aromatic carbocycles. The molecule has 0 saturated carbocycles. The number of aromatic nitrogens is 1. The van der Waals surface area contributed by atoms with Crippen molar-refractivity contribution in [2.45, 2.75) is 47.5 Å². The van der Waals surface area contributed by atoms with Gasteiger partial charge >= 0.3 is 0 Å². The molecule has 0 N–H and O–H groups in total. The SMILES string of the molecule is CCc1cccc2sc(N(CCN(CC)CC)C(=O)Cc3ccc(C)c(C)c3)nc12. The number of thiazole rings is 1. The summed E-state index contributed by atoms with van der Waals surface area (Å²) in [7, 11) is 0.